The molecule has 1 aliphatic rings. The summed E-state index contributed by atoms with van der Waals surface area (Å²) >= 11 is 0. The van der Waals surface area contributed by atoms with E-state index in [-0.39, 0.29) is 18.8 Å². The third kappa shape index (κ3) is 2.30. The number of nitrogens with zero attached hydrogens (tertiary/aromatic N) is 2. The molecule has 2 aromatic rings. The van der Waals surface area contributed by atoms with Crippen molar-refractivity contribution in [2.75, 3.05) is 30.3 Å². The standard InChI is InChI=1S/C15H19N3O2/c1-10-7-18(8-11(9-19)20-10)14-5-6-17-15-12(14)3-2-4-13(15)16/h2-6,10-11,19H,7-9,16H2,1H3. The zero-order valence-corrected chi connectivity index (χ0v) is 11.5. The van der Waals surface area contributed by atoms with Gasteiger partial charge in [0.1, 0.15) is 0 Å². The van der Waals surface area contributed by atoms with Gasteiger partial charge in [0.05, 0.1) is 30.0 Å². The zero-order chi connectivity index (χ0) is 14.1. The molecule has 0 spiro atoms. The molecular weight excluding hydrogens is 254 g/mol. The van der Waals surface area contributed by atoms with Crippen LogP contribution in [0.2, 0.25) is 0 Å². The van der Waals surface area contributed by atoms with Crippen LogP contribution in [0.4, 0.5) is 11.4 Å². The van der Waals surface area contributed by atoms with Crippen molar-refractivity contribution >= 4 is 22.3 Å². The molecule has 2 atom stereocenters. The van der Waals surface area contributed by atoms with Crippen LogP contribution >= 0.6 is 0 Å². The van der Waals surface area contributed by atoms with Crippen molar-refractivity contribution in [1.82, 2.24) is 4.98 Å². The van der Waals surface area contributed by atoms with Crippen molar-refractivity contribution in [2.24, 2.45) is 0 Å². The quantitative estimate of drug-likeness (QED) is 0.809. The van der Waals surface area contributed by atoms with Gasteiger partial charge in [-0.15, -0.1) is 0 Å². The summed E-state index contributed by atoms with van der Waals surface area (Å²) in [7, 11) is 0. The van der Waals surface area contributed by atoms with Crippen LogP contribution in [0.15, 0.2) is 30.5 Å². The fourth-order valence-electron chi connectivity index (χ4n) is 2.80. The Morgan fingerprint density at radius 3 is 3.05 bits per heavy atom. The zero-order valence-electron chi connectivity index (χ0n) is 11.5. The van der Waals surface area contributed by atoms with Gasteiger partial charge in [0, 0.05) is 30.4 Å². The maximum Gasteiger partial charge on any atom is 0.0984 e. The smallest absolute Gasteiger partial charge is 0.0984 e. The highest BCUT2D eigenvalue weighted by Crippen LogP contribution is 2.30. The van der Waals surface area contributed by atoms with Gasteiger partial charge in [-0.1, -0.05) is 12.1 Å². The number of rotatable bonds is 2. The number of fused-ring (bicyclic) bond motifs is 1. The van der Waals surface area contributed by atoms with Crippen molar-refractivity contribution < 1.29 is 9.84 Å². The number of anilines is 2. The second-order valence-corrected chi connectivity index (χ2v) is 5.23. The topological polar surface area (TPSA) is 71.6 Å². The second-order valence-electron chi connectivity index (χ2n) is 5.23. The molecule has 0 amide bonds. The van der Waals surface area contributed by atoms with Crippen LogP contribution in [-0.2, 0) is 4.74 Å². The number of benzene rings is 1. The van der Waals surface area contributed by atoms with Gasteiger partial charge < -0.3 is 20.5 Å². The average Bonchev–Trinajstić information content (AvgIpc) is 2.46. The highest BCUT2D eigenvalue weighted by Gasteiger charge is 2.25. The normalized spacial score (nSPS) is 23.2. The molecule has 2 unspecified atom stereocenters. The molecule has 0 bridgehead atoms. The van der Waals surface area contributed by atoms with E-state index in [0.717, 1.165) is 23.1 Å². The molecule has 1 aromatic carbocycles. The van der Waals surface area contributed by atoms with Crippen LogP contribution in [0.5, 0.6) is 0 Å². The van der Waals surface area contributed by atoms with Crippen LogP contribution in [0, 0.1) is 0 Å². The van der Waals surface area contributed by atoms with E-state index in [9.17, 15) is 5.11 Å². The molecule has 3 N–H and O–H groups in total. The predicted octanol–water partition coefficient (Wildman–Crippen LogP) is 1.40. The molecule has 0 saturated carbocycles. The number of pyridine rings is 1. The monoisotopic (exact) mass is 273 g/mol. The molecule has 3 rings (SSSR count). The number of hydrogen-bond donors (Lipinski definition) is 2. The Morgan fingerprint density at radius 1 is 1.40 bits per heavy atom. The van der Waals surface area contributed by atoms with Crippen molar-refractivity contribution in [1.29, 1.82) is 0 Å². The Labute approximate surface area is 118 Å². The predicted molar refractivity (Wildman–Crippen MR) is 79.8 cm³/mol. The third-order valence-corrected chi connectivity index (χ3v) is 3.65. The van der Waals surface area contributed by atoms with E-state index in [1.807, 2.05) is 31.2 Å². The van der Waals surface area contributed by atoms with Crippen LogP contribution in [-0.4, -0.2) is 42.0 Å². The van der Waals surface area contributed by atoms with Gasteiger partial charge in [0.25, 0.3) is 0 Å². The molecule has 106 valence electrons. The summed E-state index contributed by atoms with van der Waals surface area (Å²) in [5.41, 5.74) is 8.59. The second kappa shape index (κ2) is 5.26. The first-order chi connectivity index (χ1) is 9.69. The van der Waals surface area contributed by atoms with Gasteiger partial charge in [0.15, 0.2) is 0 Å². The van der Waals surface area contributed by atoms with Crippen LogP contribution in [0.1, 0.15) is 6.92 Å². The number of nitrogen functional groups attached to an aromatic ring is 1. The molecule has 20 heavy (non-hydrogen) atoms. The van der Waals surface area contributed by atoms with E-state index in [0.29, 0.717) is 12.2 Å². The minimum atomic E-state index is -0.150. The lowest BCUT2D eigenvalue weighted by Gasteiger charge is -2.38. The van der Waals surface area contributed by atoms with Crippen LogP contribution in [0.3, 0.4) is 0 Å². The number of hydrogen-bond acceptors (Lipinski definition) is 5. The Morgan fingerprint density at radius 2 is 2.25 bits per heavy atom. The molecule has 2 heterocycles. The molecule has 5 heteroatoms. The number of aliphatic hydroxyl groups is 1. The van der Waals surface area contributed by atoms with Gasteiger partial charge in [-0.05, 0) is 19.1 Å². The van der Waals surface area contributed by atoms with Gasteiger partial charge in [-0.3, -0.25) is 4.98 Å². The summed E-state index contributed by atoms with van der Waals surface area (Å²) in [4.78, 5) is 6.60. The Bertz CT molecular complexity index is 617. The van der Waals surface area contributed by atoms with Crippen LogP contribution < -0.4 is 10.6 Å². The first-order valence-corrected chi connectivity index (χ1v) is 6.83. The summed E-state index contributed by atoms with van der Waals surface area (Å²) in [6, 6.07) is 7.82. The average molecular weight is 273 g/mol. The minimum absolute atomic E-state index is 0.0337. The van der Waals surface area contributed by atoms with Gasteiger partial charge in [0.2, 0.25) is 0 Å². The first kappa shape index (κ1) is 13.1. The minimum Gasteiger partial charge on any atom is -0.397 e. The maximum atomic E-state index is 9.35. The molecule has 1 aliphatic heterocycles. The molecular formula is C15H19N3O2. The summed E-state index contributed by atoms with van der Waals surface area (Å²) in [5.74, 6) is 0. The number of morpholine rings is 1. The molecule has 0 radical (unpaired) electrons. The number of nitrogens with two attached hydrogens (primary N) is 1. The summed E-state index contributed by atoms with van der Waals surface area (Å²) in [5, 5.41) is 10.4. The number of para-hydroxylation sites is 1. The molecule has 1 aromatic heterocycles. The number of ether oxygens (including phenoxy) is 1. The van der Waals surface area contributed by atoms with Gasteiger partial charge in [-0.25, -0.2) is 0 Å². The van der Waals surface area contributed by atoms with Crippen molar-refractivity contribution in [3.8, 4) is 0 Å². The molecule has 5 nitrogen and oxygen atoms in total. The molecule has 1 saturated heterocycles. The van der Waals surface area contributed by atoms with E-state index < -0.39 is 0 Å². The lowest BCUT2D eigenvalue weighted by Crippen LogP contribution is -2.48. The van der Waals surface area contributed by atoms with Gasteiger partial charge >= 0.3 is 0 Å². The first-order valence-electron chi connectivity index (χ1n) is 6.83. The Balaban J connectivity index is 2.03. The number of aliphatic hydroxyl groups excluding tert-OH is 1. The van der Waals surface area contributed by atoms with Gasteiger partial charge in [-0.2, -0.15) is 0 Å². The lowest BCUT2D eigenvalue weighted by atomic mass is 10.1. The van der Waals surface area contributed by atoms with Crippen molar-refractivity contribution in [3.63, 3.8) is 0 Å². The van der Waals surface area contributed by atoms with E-state index in [1.165, 1.54) is 0 Å². The highest BCUT2D eigenvalue weighted by atomic mass is 16.5. The summed E-state index contributed by atoms with van der Waals surface area (Å²) in [6.45, 7) is 3.53. The largest absolute Gasteiger partial charge is 0.397 e. The summed E-state index contributed by atoms with van der Waals surface area (Å²) in [6.07, 6.45) is 1.72. The lowest BCUT2D eigenvalue weighted by molar-refractivity contribution is -0.0420. The maximum absolute atomic E-state index is 9.35. The van der Waals surface area contributed by atoms with Crippen LogP contribution in [0.25, 0.3) is 10.9 Å². The highest BCUT2D eigenvalue weighted by molar-refractivity contribution is 5.98. The van der Waals surface area contributed by atoms with Crippen molar-refractivity contribution in [2.45, 2.75) is 19.1 Å². The van der Waals surface area contributed by atoms with E-state index in [4.69, 9.17) is 10.5 Å². The third-order valence-electron chi connectivity index (χ3n) is 3.65. The molecule has 0 aliphatic carbocycles. The van der Waals surface area contributed by atoms with E-state index >= 15 is 0 Å². The van der Waals surface area contributed by atoms with Crippen molar-refractivity contribution in [3.05, 3.63) is 30.5 Å². The fourth-order valence-corrected chi connectivity index (χ4v) is 2.80. The fraction of sp³-hybridized carbons (Fsp3) is 0.400. The van der Waals surface area contributed by atoms with E-state index in [1.54, 1.807) is 6.20 Å². The molecule has 1 fully saturated rings. The Kier molecular flexibility index (Phi) is 3.46. The number of aromatic nitrogens is 1. The Hall–Kier alpha value is -1.85. The SMILES string of the molecule is CC1CN(c2ccnc3c(N)cccc23)CC(CO)O1. The summed E-state index contributed by atoms with van der Waals surface area (Å²) < 4.78 is 5.69. The van der Waals surface area contributed by atoms with E-state index in [2.05, 4.69) is 9.88 Å².